The van der Waals surface area contributed by atoms with Gasteiger partial charge in [-0.3, -0.25) is 14.6 Å². The Morgan fingerprint density at radius 3 is 2.33 bits per heavy atom. The number of benzene rings is 2. The van der Waals surface area contributed by atoms with Gasteiger partial charge in [0, 0.05) is 24.8 Å². The van der Waals surface area contributed by atoms with E-state index in [1.807, 2.05) is 0 Å². The first-order valence-electron chi connectivity index (χ1n) is 7.80. The van der Waals surface area contributed by atoms with Crippen LogP contribution >= 0.6 is 0 Å². The molecule has 27 heavy (non-hydrogen) atoms. The van der Waals surface area contributed by atoms with Gasteiger partial charge in [-0.05, 0) is 12.1 Å². The van der Waals surface area contributed by atoms with Crippen molar-refractivity contribution in [1.82, 2.24) is 15.3 Å². The molecule has 3 aromatic rings. The molecule has 0 aliphatic carbocycles. The molecule has 0 bridgehead atoms. The summed E-state index contributed by atoms with van der Waals surface area (Å²) in [5.41, 5.74) is 5.82. The van der Waals surface area contributed by atoms with Crippen molar-refractivity contribution in [2.75, 3.05) is 0 Å². The highest BCUT2D eigenvalue weighted by Gasteiger charge is 2.25. The number of amides is 2. The predicted molar refractivity (Wildman–Crippen MR) is 90.0 cm³/mol. The van der Waals surface area contributed by atoms with Gasteiger partial charge in [0.2, 0.25) is 5.91 Å². The molecule has 6 nitrogen and oxygen atoms in total. The van der Waals surface area contributed by atoms with Crippen molar-refractivity contribution in [1.29, 1.82) is 0 Å². The summed E-state index contributed by atoms with van der Waals surface area (Å²) in [6.07, 6.45) is 1.27. The maximum absolute atomic E-state index is 13.7. The molecule has 0 aliphatic rings. The second kappa shape index (κ2) is 7.40. The molecule has 0 radical (unpaired) electrons. The van der Waals surface area contributed by atoms with E-state index in [1.54, 1.807) is 24.3 Å². The topological polar surface area (TPSA) is 98.0 Å². The summed E-state index contributed by atoms with van der Waals surface area (Å²) < 4.78 is 40.4. The van der Waals surface area contributed by atoms with E-state index in [0.717, 1.165) is 0 Å². The smallest absolute Gasteiger partial charge is 0.257 e. The third-order valence-electron chi connectivity index (χ3n) is 3.79. The lowest BCUT2D eigenvalue weighted by molar-refractivity contribution is -0.119. The number of primary amides is 1. The second-order valence-corrected chi connectivity index (χ2v) is 5.73. The zero-order valence-electron chi connectivity index (χ0n) is 13.7. The minimum absolute atomic E-state index is 0.136. The third kappa shape index (κ3) is 4.02. The van der Waals surface area contributed by atoms with E-state index in [9.17, 15) is 22.8 Å². The first-order chi connectivity index (χ1) is 12.8. The molecule has 0 saturated heterocycles. The molecule has 0 fully saturated rings. The lowest BCUT2D eigenvalue weighted by Gasteiger charge is -2.16. The largest absolute Gasteiger partial charge is 0.368 e. The van der Waals surface area contributed by atoms with Crippen LogP contribution in [0.25, 0.3) is 11.0 Å². The van der Waals surface area contributed by atoms with E-state index in [0.29, 0.717) is 28.9 Å². The van der Waals surface area contributed by atoms with E-state index in [4.69, 9.17) is 5.73 Å². The third-order valence-corrected chi connectivity index (χ3v) is 3.79. The van der Waals surface area contributed by atoms with Crippen LogP contribution < -0.4 is 11.1 Å². The van der Waals surface area contributed by atoms with Gasteiger partial charge in [0.1, 0.15) is 29.1 Å². The summed E-state index contributed by atoms with van der Waals surface area (Å²) in [7, 11) is 0. The molecule has 138 valence electrons. The summed E-state index contributed by atoms with van der Waals surface area (Å²) in [4.78, 5) is 32.3. The molecule has 2 amide bonds. The zero-order valence-corrected chi connectivity index (χ0v) is 13.7. The van der Waals surface area contributed by atoms with E-state index in [-0.39, 0.29) is 6.42 Å². The molecule has 1 aromatic heterocycles. The van der Waals surface area contributed by atoms with Crippen molar-refractivity contribution < 1.29 is 22.8 Å². The Balaban J connectivity index is 1.83. The Morgan fingerprint density at radius 1 is 1.07 bits per heavy atom. The highest BCUT2D eigenvalue weighted by molar-refractivity contribution is 5.97. The van der Waals surface area contributed by atoms with Crippen LogP contribution in [0.2, 0.25) is 0 Å². The van der Waals surface area contributed by atoms with Crippen LogP contribution in [-0.2, 0) is 11.2 Å². The van der Waals surface area contributed by atoms with Crippen molar-refractivity contribution in [2.45, 2.75) is 12.5 Å². The number of hydrogen-bond donors (Lipinski definition) is 2. The van der Waals surface area contributed by atoms with Gasteiger partial charge >= 0.3 is 0 Å². The molecule has 0 unspecified atom stereocenters. The average Bonchev–Trinajstić information content (AvgIpc) is 2.60. The van der Waals surface area contributed by atoms with Crippen molar-refractivity contribution in [3.05, 3.63) is 71.3 Å². The number of nitrogens with zero attached hydrogens (tertiary/aromatic N) is 2. The molecule has 3 rings (SSSR count). The van der Waals surface area contributed by atoms with Gasteiger partial charge in [0.05, 0.1) is 16.7 Å². The number of rotatable bonds is 5. The monoisotopic (exact) mass is 374 g/mol. The molecular formula is C18H13F3N4O2. The second-order valence-electron chi connectivity index (χ2n) is 5.73. The number of hydrogen-bond acceptors (Lipinski definition) is 4. The summed E-state index contributed by atoms with van der Waals surface area (Å²) >= 11 is 0. The summed E-state index contributed by atoms with van der Waals surface area (Å²) in [6, 6.07) is 6.45. The number of carbonyl (C=O) groups is 2. The molecule has 1 atom stereocenters. The summed E-state index contributed by atoms with van der Waals surface area (Å²) in [5.74, 6) is -6.11. The SMILES string of the molecule is NC(=O)[C@@H](Cc1cnc2ccccc2n1)NC(=O)c1c(F)cc(F)cc1F. The average molecular weight is 374 g/mol. The molecule has 2 aromatic carbocycles. The van der Waals surface area contributed by atoms with Crippen LogP contribution in [0.5, 0.6) is 0 Å². The van der Waals surface area contributed by atoms with Crippen LogP contribution in [0.4, 0.5) is 13.2 Å². The quantitative estimate of drug-likeness (QED) is 0.712. The van der Waals surface area contributed by atoms with Gasteiger partial charge in [-0.15, -0.1) is 0 Å². The molecule has 9 heteroatoms. The highest BCUT2D eigenvalue weighted by atomic mass is 19.1. The van der Waals surface area contributed by atoms with Crippen molar-refractivity contribution in [3.63, 3.8) is 0 Å². The number of aromatic nitrogens is 2. The van der Waals surface area contributed by atoms with Gasteiger partial charge < -0.3 is 11.1 Å². The van der Waals surface area contributed by atoms with Gasteiger partial charge in [0.25, 0.3) is 5.91 Å². The van der Waals surface area contributed by atoms with Crippen molar-refractivity contribution in [3.8, 4) is 0 Å². The van der Waals surface area contributed by atoms with E-state index < -0.39 is 40.9 Å². The minimum Gasteiger partial charge on any atom is -0.368 e. The number of halogens is 3. The van der Waals surface area contributed by atoms with Crippen LogP contribution in [0.3, 0.4) is 0 Å². The van der Waals surface area contributed by atoms with Crippen LogP contribution in [0.1, 0.15) is 16.1 Å². The molecule has 0 aliphatic heterocycles. The van der Waals surface area contributed by atoms with Crippen molar-refractivity contribution >= 4 is 22.8 Å². The van der Waals surface area contributed by atoms with Crippen LogP contribution in [0.15, 0.2) is 42.6 Å². The molecule has 0 saturated carbocycles. The standard InChI is InChI=1S/C18H13F3N4O2/c19-9-5-11(20)16(12(21)6-9)18(27)25-15(17(22)26)7-10-8-23-13-3-1-2-4-14(13)24-10/h1-6,8,15H,7H2,(H2,22,26)(H,25,27)/t15-/m1/s1. The number of carbonyl (C=O) groups excluding carboxylic acids is 2. The summed E-state index contributed by atoms with van der Waals surface area (Å²) in [5, 5.41) is 2.15. The normalized spacial score (nSPS) is 12.0. The minimum atomic E-state index is -1.39. The van der Waals surface area contributed by atoms with Crippen LogP contribution in [-0.4, -0.2) is 27.8 Å². The molecular weight excluding hydrogens is 361 g/mol. The van der Waals surface area contributed by atoms with Gasteiger partial charge in [0.15, 0.2) is 0 Å². The van der Waals surface area contributed by atoms with Crippen LogP contribution in [0, 0.1) is 17.5 Å². The highest BCUT2D eigenvalue weighted by Crippen LogP contribution is 2.15. The molecule has 1 heterocycles. The maximum atomic E-state index is 13.7. The Bertz CT molecular complexity index is 1020. The Morgan fingerprint density at radius 2 is 1.70 bits per heavy atom. The van der Waals surface area contributed by atoms with Gasteiger partial charge in [-0.2, -0.15) is 0 Å². The van der Waals surface area contributed by atoms with E-state index >= 15 is 0 Å². The zero-order chi connectivity index (χ0) is 19.6. The predicted octanol–water partition coefficient (Wildman–Crippen LogP) is 1.87. The number of nitrogens with one attached hydrogen (secondary N) is 1. The number of para-hydroxylation sites is 2. The fraction of sp³-hybridized carbons (Fsp3) is 0.111. The fourth-order valence-corrected chi connectivity index (χ4v) is 2.52. The first kappa shape index (κ1) is 18.3. The Hall–Kier alpha value is -3.49. The lowest BCUT2D eigenvalue weighted by Crippen LogP contribution is -2.46. The Kier molecular flexibility index (Phi) is 5.02. The first-order valence-corrected chi connectivity index (χ1v) is 7.80. The van der Waals surface area contributed by atoms with E-state index in [2.05, 4.69) is 15.3 Å². The Labute approximate surface area is 151 Å². The number of nitrogens with two attached hydrogens (primary N) is 1. The van der Waals surface area contributed by atoms with Gasteiger partial charge in [-0.1, -0.05) is 12.1 Å². The fourth-order valence-electron chi connectivity index (χ4n) is 2.52. The maximum Gasteiger partial charge on any atom is 0.257 e. The van der Waals surface area contributed by atoms with E-state index in [1.165, 1.54) is 6.20 Å². The molecule has 3 N–H and O–H groups in total. The summed E-state index contributed by atoms with van der Waals surface area (Å²) in [6.45, 7) is 0. The van der Waals surface area contributed by atoms with Gasteiger partial charge in [-0.25, -0.2) is 18.2 Å². The molecule has 0 spiro atoms. The van der Waals surface area contributed by atoms with Crippen molar-refractivity contribution in [2.24, 2.45) is 5.73 Å². The number of fused-ring (bicyclic) bond motifs is 1. The lowest BCUT2D eigenvalue weighted by atomic mass is 10.1.